The largest absolute Gasteiger partial charge is 0.480 e. The minimum Gasteiger partial charge on any atom is -0.480 e. The Kier molecular flexibility index (Phi) is 6.70. The van der Waals surface area contributed by atoms with E-state index in [1.807, 2.05) is 0 Å². The molecular weight excluding hydrogens is 156 g/mol. The molecule has 0 aromatic carbocycles. The van der Waals surface area contributed by atoms with E-state index < -0.39 is 12.0 Å². The lowest BCUT2D eigenvalue weighted by molar-refractivity contribution is -0.139. The molecular formula is C8H18N2O2. The van der Waals surface area contributed by atoms with Crippen LogP contribution in [0.5, 0.6) is 0 Å². The third kappa shape index (κ3) is 6.12. The van der Waals surface area contributed by atoms with Crippen molar-refractivity contribution in [3.8, 4) is 0 Å². The van der Waals surface area contributed by atoms with Crippen LogP contribution in [0.3, 0.4) is 0 Å². The molecule has 4 heteroatoms. The van der Waals surface area contributed by atoms with Crippen LogP contribution >= 0.6 is 0 Å². The number of carboxylic acid groups (broad SMARTS) is 1. The van der Waals surface area contributed by atoms with Crippen molar-refractivity contribution in [1.29, 1.82) is 0 Å². The first kappa shape index (κ1) is 11.4. The monoisotopic (exact) mass is 174 g/mol. The van der Waals surface area contributed by atoms with Gasteiger partial charge < -0.3 is 5.11 Å². The lowest BCUT2D eigenvalue weighted by Gasteiger charge is -2.09. The van der Waals surface area contributed by atoms with Gasteiger partial charge in [0.2, 0.25) is 0 Å². The zero-order valence-corrected chi connectivity index (χ0v) is 7.76. The van der Waals surface area contributed by atoms with Crippen LogP contribution in [0.1, 0.15) is 33.1 Å². The number of hydrogen-bond acceptors (Lipinski definition) is 3. The van der Waals surface area contributed by atoms with Gasteiger partial charge in [-0.2, -0.15) is 0 Å². The predicted octanol–water partition coefficient (Wildman–Crippen LogP) is 0.744. The number of hydrazine groups is 1. The molecule has 0 saturated carbocycles. The first-order chi connectivity index (χ1) is 5.68. The van der Waals surface area contributed by atoms with Crippen molar-refractivity contribution in [1.82, 2.24) is 10.9 Å². The summed E-state index contributed by atoms with van der Waals surface area (Å²) >= 11 is 0. The number of hydrogen-bond donors (Lipinski definition) is 3. The summed E-state index contributed by atoms with van der Waals surface area (Å²) in [5, 5.41) is 8.48. The van der Waals surface area contributed by atoms with Crippen LogP contribution in [0, 0.1) is 0 Å². The van der Waals surface area contributed by atoms with E-state index in [0.717, 1.165) is 13.0 Å². The lowest BCUT2D eigenvalue weighted by atomic mass is 10.2. The van der Waals surface area contributed by atoms with Crippen LogP contribution < -0.4 is 10.9 Å². The van der Waals surface area contributed by atoms with Crippen LogP contribution in [0.4, 0.5) is 0 Å². The summed E-state index contributed by atoms with van der Waals surface area (Å²) in [5.74, 6) is -0.835. The highest BCUT2D eigenvalue weighted by molar-refractivity contribution is 5.72. The van der Waals surface area contributed by atoms with Gasteiger partial charge in [-0.3, -0.25) is 10.2 Å². The van der Waals surface area contributed by atoms with Crippen LogP contribution in [0.15, 0.2) is 0 Å². The second-order valence-corrected chi connectivity index (χ2v) is 2.84. The quantitative estimate of drug-likeness (QED) is 0.393. The SMILES string of the molecule is CCCCCNNC(C)C(=O)O. The average Bonchev–Trinajstić information content (AvgIpc) is 2.03. The lowest BCUT2D eigenvalue weighted by Crippen LogP contribution is -2.43. The fourth-order valence-electron chi connectivity index (χ4n) is 0.750. The molecule has 0 heterocycles. The third-order valence-electron chi connectivity index (χ3n) is 1.59. The van der Waals surface area contributed by atoms with Gasteiger partial charge in [0.15, 0.2) is 0 Å². The van der Waals surface area contributed by atoms with Crippen molar-refractivity contribution in [2.24, 2.45) is 0 Å². The summed E-state index contributed by atoms with van der Waals surface area (Å²) in [7, 11) is 0. The molecule has 0 saturated heterocycles. The van der Waals surface area contributed by atoms with E-state index >= 15 is 0 Å². The Morgan fingerprint density at radius 3 is 2.67 bits per heavy atom. The maximum Gasteiger partial charge on any atom is 0.321 e. The van der Waals surface area contributed by atoms with Gasteiger partial charge in [-0.25, -0.2) is 5.43 Å². The Hall–Kier alpha value is -0.610. The maximum absolute atomic E-state index is 10.3. The Morgan fingerprint density at radius 1 is 1.50 bits per heavy atom. The van der Waals surface area contributed by atoms with E-state index in [-0.39, 0.29) is 0 Å². The van der Waals surface area contributed by atoms with E-state index in [1.165, 1.54) is 12.8 Å². The molecule has 0 radical (unpaired) electrons. The minimum atomic E-state index is -0.835. The Morgan fingerprint density at radius 2 is 2.17 bits per heavy atom. The van der Waals surface area contributed by atoms with Crippen LogP contribution in [-0.2, 0) is 4.79 Å². The molecule has 72 valence electrons. The molecule has 0 aliphatic heterocycles. The van der Waals surface area contributed by atoms with E-state index in [2.05, 4.69) is 17.8 Å². The van der Waals surface area contributed by atoms with Gasteiger partial charge in [0.1, 0.15) is 6.04 Å². The smallest absolute Gasteiger partial charge is 0.321 e. The summed E-state index contributed by atoms with van der Waals surface area (Å²) < 4.78 is 0. The van der Waals surface area contributed by atoms with Crippen molar-refractivity contribution in [3.63, 3.8) is 0 Å². The molecule has 0 aromatic heterocycles. The van der Waals surface area contributed by atoms with Crippen molar-refractivity contribution in [2.75, 3.05) is 6.54 Å². The van der Waals surface area contributed by atoms with E-state index in [4.69, 9.17) is 5.11 Å². The average molecular weight is 174 g/mol. The van der Waals surface area contributed by atoms with Crippen molar-refractivity contribution < 1.29 is 9.90 Å². The zero-order chi connectivity index (χ0) is 9.40. The Balaban J connectivity index is 3.14. The first-order valence-corrected chi connectivity index (χ1v) is 4.39. The number of carbonyl (C=O) groups is 1. The molecule has 4 nitrogen and oxygen atoms in total. The summed E-state index contributed by atoms with van der Waals surface area (Å²) in [6, 6.07) is -0.522. The summed E-state index contributed by atoms with van der Waals surface area (Å²) in [5.41, 5.74) is 5.56. The fraction of sp³-hybridized carbons (Fsp3) is 0.875. The Bertz CT molecular complexity index is 128. The standard InChI is InChI=1S/C8H18N2O2/c1-3-4-5-6-9-10-7(2)8(11)12/h7,9-10H,3-6H2,1-2H3,(H,11,12). The topological polar surface area (TPSA) is 61.4 Å². The number of nitrogens with one attached hydrogen (secondary N) is 2. The Labute approximate surface area is 73.3 Å². The van der Waals surface area contributed by atoms with E-state index in [9.17, 15) is 4.79 Å². The summed E-state index contributed by atoms with van der Waals surface area (Å²) in [6.45, 7) is 4.56. The highest BCUT2D eigenvalue weighted by Gasteiger charge is 2.07. The van der Waals surface area contributed by atoms with Gasteiger partial charge in [0.25, 0.3) is 0 Å². The van der Waals surface area contributed by atoms with Gasteiger partial charge in [0, 0.05) is 6.54 Å². The van der Waals surface area contributed by atoms with Crippen molar-refractivity contribution in [3.05, 3.63) is 0 Å². The molecule has 0 aliphatic rings. The number of rotatable bonds is 7. The van der Waals surface area contributed by atoms with E-state index in [1.54, 1.807) is 6.92 Å². The molecule has 1 unspecified atom stereocenters. The van der Waals surface area contributed by atoms with E-state index in [0.29, 0.717) is 0 Å². The zero-order valence-electron chi connectivity index (χ0n) is 7.76. The minimum absolute atomic E-state index is 0.522. The predicted molar refractivity (Wildman–Crippen MR) is 47.8 cm³/mol. The van der Waals surface area contributed by atoms with Crippen molar-refractivity contribution >= 4 is 5.97 Å². The van der Waals surface area contributed by atoms with Crippen LogP contribution in [0.2, 0.25) is 0 Å². The molecule has 0 aliphatic carbocycles. The number of carboxylic acids is 1. The number of aliphatic carboxylic acids is 1. The second-order valence-electron chi connectivity index (χ2n) is 2.84. The molecule has 3 N–H and O–H groups in total. The summed E-state index contributed by atoms with van der Waals surface area (Å²) in [4.78, 5) is 10.3. The molecule has 0 aromatic rings. The van der Waals surface area contributed by atoms with Gasteiger partial charge in [-0.1, -0.05) is 19.8 Å². The fourth-order valence-corrected chi connectivity index (χ4v) is 0.750. The highest BCUT2D eigenvalue weighted by Crippen LogP contribution is 1.90. The second kappa shape index (κ2) is 7.06. The van der Waals surface area contributed by atoms with Gasteiger partial charge in [-0.15, -0.1) is 0 Å². The normalized spacial score (nSPS) is 12.8. The first-order valence-electron chi connectivity index (χ1n) is 4.39. The number of unbranched alkanes of at least 4 members (excludes halogenated alkanes) is 2. The third-order valence-corrected chi connectivity index (χ3v) is 1.59. The molecule has 0 fully saturated rings. The van der Waals surface area contributed by atoms with Crippen LogP contribution in [-0.4, -0.2) is 23.7 Å². The molecule has 0 amide bonds. The molecule has 0 spiro atoms. The van der Waals surface area contributed by atoms with Gasteiger partial charge >= 0.3 is 5.97 Å². The van der Waals surface area contributed by atoms with Gasteiger partial charge in [0.05, 0.1) is 0 Å². The highest BCUT2D eigenvalue weighted by atomic mass is 16.4. The van der Waals surface area contributed by atoms with Crippen LogP contribution in [0.25, 0.3) is 0 Å². The molecule has 0 bridgehead atoms. The summed E-state index contributed by atoms with van der Waals surface area (Å²) in [6.07, 6.45) is 3.43. The molecule has 1 atom stereocenters. The molecule has 12 heavy (non-hydrogen) atoms. The van der Waals surface area contributed by atoms with Crippen molar-refractivity contribution in [2.45, 2.75) is 39.2 Å². The molecule has 0 rings (SSSR count). The van der Waals surface area contributed by atoms with Gasteiger partial charge in [-0.05, 0) is 13.3 Å². The maximum atomic E-state index is 10.3.